The van der Waals surface area contributed by atoms with Gasteiger partial charge in [0.2, 0.25) is 6.79 Å². The van der Waals surface area contributed by atoms with Crippen LogP contribution in [0.1, 0.15) is 49.4 Å². The van der Waals surface area contributed by atoms with Crippen LogP contribution in [0.5, 0.6) is 11.5 Å². The number of carbonyl (C=O) groups is 1. The summed E-state index contributed by atoms with van der Waals surface area (Å²) in [4.78, 5) is 13.1. The number of fused-ring (bicyclic) bond motifs is 2. The fraction of sp³-hybridized carbons (Fsp3) is 0.400. The number of ether oxygens (including phenoxy) is 2. The Kier molecular flexibility index (Phi) is 3.05. The second-order valence-electron chi connectivity index (χ2n) is 8.10. The van der Waals surface area contributed by atoms with Gasteiger partial charge in [-0.15, -0.1) is 0 Å². The van der Waals surface area contributed by atoms with Crippen molar-refractivity contribution in [1.82, 2.24) is 10.2 Å². The Labute approximate surface area is 151 Å². The number of aromatic amines is 1. The molecule has 1 aromatic carbocycles. The van der Waals surface area contributed by atoms with E-state index in [-0.39, 0.29) is 23.9 Å². The number of aryl methyl sites for hydroxylation is 1. The summed E-state index contributed by atoms with van der Waals surface area (Å²) in [6.45, 7) is 6.49. The van der Waals surface area contributed by atoms with E-state index in [1.165, 1.54) is 0 Å². The van der Waals surface area contributed by atoms with Crippen LogP contribution in [0, 0.1) is 12.3 Å². The summed E-state index contributed by atoms with van der Waals surface area (Å²) >= 11 is 0. The van der Waals surface area contributed by atoms with E-state index in [0.717, 1.165) is 51.8 Å². The van der Waals surface area contributed by atoms with E-state index in [1.54, 1.807) is 0 Å². The van der Waals surface area contributed by atoms with E-state index in [4.69, 9.17) is 9.47 Å². The maximum atomic E-state index is 13.1. The molecular formula is C20H21N3O3. The highest BCUT2D eigenvalue weighted by Gasteiger charge is 2.42. The summed E-state index contributed by atoms with van der Waals surface area (Å²) in [6, 6.07) is 5.94. The van der Waals surface area contributed by atoms with Crippen LogP contribution in [0.25, 0.3) is 0 Å². The molecule has 1 unspecified atom stereocenters. The molecule has 0 spiro atoms. The summed E-state index contributed by atoms with van der Waals surface area (Å²) in [6.07, 6.45) is 1.40. The number of allylic oxidation sites excluding steroid dienone is 2. The lowest BCUT2D eigenvalue weighted by Gasteiger charge is -2.38. The van der Waals surface area contributed by atoms with Crippen LogP contribution in [-0.2, 0) is 4.79 Å². The van der Waals surface area contributed by atoms with E-state index in [9.17, 15) is 4.79 Å². The summed E-state index contributed by atoms with van der Waals surface area (Å²) < 4.78 is 11.0. The quantitative estimate of drug-likeness (QED) is 0.820. The van der Waals surface area contributed by atoms with Gasteiger partial charge in [-0.2, -0.15) is 5.10 Å². The number of rotatable bonds is 1. The Bertz CT molecular complexity index is 971. The molecule has 0 saturated heterocycles. The molecule has 26 heavy (non-hydrogen) atoms. The third-order valence-corrected chi connectivity index (χ3v) is 5.50. The first-order chi connectivity index (χ1) is 12.4. The molecule has 2 aromatic rings. The van der Waals surface area contributed by atoms with Crippen LogP contribution in [-0.4, -0.2) is 22.8 Å². The molecule has 3 aliphatic rings. The molecule has 134 valence electrons. The molecule has 3 heterocycles. The molecule has 1 atom stereocenters. The molecule has 2 N–H and O–H groups in total. The lowest BCUT2D eigenvalue weighted by atomic mass is 9.69. The summed E-state index contributed by atoms with van der Waals surface area (Å²) in [5, 5.41) is 10.9. The highest BCUT2D eigenvalue weighted by Crippen LogP contribution is 2.50. The number of anilines is 1. The number of Topliss-reactive ketones (excluding diaryl/α,β-unsaturated/α-hetero) is 1. The predicted molar refractivity (Wildman–Crippen MR) is 96.4 cm³/mol. The van der Waals surface area contributed by atoms with Crippen molar-refractivity contribution < 1.29 is 14.3 Å². The first kappa shape index (κ1) is 15.5. The fourth-order valence-electron chi connectivity index (χ4n) is 4.39. The molecule has 0 amide bonds. The average Bonchev–Trinajstić information content (AvgIpc) is 3.18. The first-order valence-electron chi connectivity index (χ1n) is 8.91. The SMILES string of the molecule is Cc1n[nH]c2c1C(c1ccc3c(c1)OCO3)C1=C(CC(C)(C)CC1=O)N2. The highest BCUT2D eigenvalue weighted by molar-refractivity contribution is 6.01. The van der Waals surface area contributed by atoms with E-state index in [1.807, 2.05) is 25.1 Å². The molecule has 2 aliphatic heterocycles. The zero-order valence-electron chi connectivity index (χ0n) is 15.1. The maximum Gasteiger partial charge on any atom is 0.231 e. The van der Waals surface area contributed by atoms with Gasteiger partial charge >= 0.3 is 0 Å². The van der Waals surface area contributed by atoms with Crippen molar-refractivity contribution in [1.29, 1.82) is 0 Å². The smallest absolute Gasteiger partial charge is 0.231 e. The van der Waals surface area contributed by atoms with E-state index in [0.29, 0.717) is 6.42 Å². The molecule has 6 nitrogen and oxygen atoms in total. The average molecular weight is 351 g/mol. The Morgan fingerprint density at radius 1 is 1.19 bits per heavy atom. The molecular weight excluding hydrogens is 330 g/mol. The van der Waals surface area contributed by atoms with Crippen LogP contribution in [0.3, 0.4) is 0 Å². The number of nitrogens with one attached hydrogen (secondary N) is 2. The van der Waals surface area contributed by atoms with E-state index < -0.39 is 0 Å². The normalized spacial score (nSPS) is 22.7. The van der Waals surface area contributed by atoms with Crippen LogP contribution in [0.15, 0.2) is 29.5 Å². The Balaban J connectivity index is 1.71. The minimum Gasteiger partial charge on any atom is -0.454 e. The molecule has 1 aromatic heterocycles. The van der Waals surface area contributed by atoms with E-state index in [2.05, 4.69) is 29.4 Å². The van der Waals surface area contributed by atoms with Crippen molar-refractivity contribution in [2.45, 2.75) is 39.5 Å². The topological polar surface area (TPSA) is 76.2 Å². The number of H-pyrrole nitrogens is 1. The van der Waals surface area contributed by atoms with Gasteiger partial charge in [-0.1, -0.05) is 19.9 Å². The van der Waals surface area contributed by atoms with Gasteiger partial charge in [-0.3, -0.25) is 9.89 Å². The van der Waals surface area contributed by atoms with Gasteiger partial charge in [0.25, 0.3) is 0 Å². The molecule has 0 bridgehead atoms. The molecule has 0 fully saturated rings. The number of nitrogens with zero attached hydrogens (tertiary/aromatic N) is 1. The second-order valence-corrected chi connectivity index (χ2v) is 8.10. The monoisotopic (exact) mass is 351 g/mol. The van der Waals surface area contributed by atoms with Gasteiger partial charge in [0.15, 0.2) is 17.3 Å². The van der Waals surface area contributed by atoms with Crippen LogP contribution >= 0.6 is 0 Å². The van der Waals surface area contributed by atoms with Gasteiger partial charge in [0.05, 0.1) is 5.69 Å². The van der Waals surface area contributed by atoms with Crippen molar-refractivity contribution in [3.8, 4) is 11.5 Å². The highest BCUT2D eigenvalue weighted by atomic mass is 16.7. The molecule has 6 heteroatoms. The Morgan fingerprint density at radius 3 is 2.85 bits per heavy atom. The lowest BCUT2D eigenvalue weighted by molar-refractivity contribution is -0.118. The Morgan fingerprint density at radius 2 is 2.00 bits per heavy atom. The second kappa shape index (κ2) is 5.13. The third kappa shape index (κ3) is 2.18. The largest absolute Gasteiger partial charge is 0.454 e. The maximum absolute atomic E-state index is 13.1. The van der Waals surface area contributed by atoms with Crippen LogP contribution < -0.4 is 14.8 Å². The predicted octanol–water partition coefficient (Wildman–Crippen LogP) is 3.65. The zero-order valence-corrected chi connectivity index (χ0v) is 15.1. The standard InChI is InChI=1S/C20H21N3O3/c1-10-16-17(11-4-5-14-15(6-11)26-9-25-14)18-12(21-19(16)23-22-10)7-20(2,3)8-13(18)24/h4-6,17H,7-9H2,1-3H3,(H2,21,22,23). The number of ketones is 1. The Hall–Kier alpha value is -2.76. The van der Waals surface area contributed by atoms with Crippen LogP contribution in [0.2, 0.25) is 0 Å². The number of hydrogen-bond donors (Lipinski definition) is 2. The van der Waals surface area contributed by atoms with Gasteiger partial charge in [-0.25, -0.2) is 0 Å². The van der Waals surface area contributed by atoms with Crippen LogP contribution in [0.4, 0.5) is 5.82 Å². The van der Waals surface area contributed by atoms with E-state index >= 15 is 0 Å². The van der Waals surface area contributed by atoms with Gasteiger partial charge in [0, 0.05) is 29.2 Å². The van der Waals surface area contributed by atoms with Crippen molar-refractivity contribution in [3.05, 3.63) is 46.3 Å². The number of hydrogen-bond acceptors (Lipinski definition) is 5. The minimum absolute atomic E-state index is 0.0467. The van der Waals surface area contributed by atoms with Crippen molar-refractivity contribution >= 4 is 11.6 Å². The first-order valence-corrected chi connectivity index (χ1v) is 8.91. The summed E-state index contributed by atoms with van der Waals surface area (Å²) in [5.74, 6) is 2.43. The number of carbonyl (C=O) groups excluding carboxylic acids is 1. The lowest BCUT2D eigenvalue weighted by Crippen LogP contribution is -2.33. The third-order valence-electron chi connectivity index (χ3n) is 5.50. The molecule has 1 aliphatic carbocycles. The molecule has 5 rings (SSSR count). The number of benzene rings is 1. The van der Waals surface area contributed by atoms with Gasteiger partial charge in [0.1, 0.15) is 5.82 Å². The molecule has 0 radical (unpaired) electrons. The summed E-state index contributed by atoms with van der Waals surface area (Å²) in [5.41, 5.74) is 4.79. The minimum atomic E-state index is -0.141. The zero-order chi connectivity index (χ0) is 18.1. The van der Waals surface area contributed by atoms with Crippen molar-refractivity contribution in [2.24, 2.45) is 5.41 Å². The van der Waals surface area contributed by atoms with Gasteiger partial charge < -0.3 is 14.8 Å². The van der Waals surface area contributed by atoms with Gasteiger partial charge in [-0.05, 0) is 36.5 Å². The summed E-state index contributed by atoms with van der Waals surface area (Å²) in [7, 11) is 0. The number of aromatic nitrogens is 2. The van der Waals surface area contributed by atoms with Crippen molar-refractivity contribution in [3.63, 3.8) is 0 Å². The molecule has 0 saturated carbocycles. The fourth-order valence-corrected chi connectivity index (χ4v) is 4.39. The van der Waals surface area contributed by atoms with Crippen molar-refractivity contribution in [2.75, 3.05) is 12.1 Å².